The second-order valence-electron chi connectivity index (χ2n) is 4.11. The van der Waals surface area contributed by atoms with Crippen LogP contribution in [0.2, 0.25) is 0 Å². The number of halogens is 1. The van der Waals surface area contributed by atoms with Crippen LogP contribution < -0.4 is 11.3 Å². The van der Waals surface area contributed by atoms with E-state index in [1.165, 1.54) is 0 Å². The Balaban J connectivity index is 2.15. The van der Waals surface area contributed by atoms with Crippen molar-refractivity contribution in [2.45, 2.75) is 12.5 Å². The molecule has 0 aromatic carbocycles. The molecule has 0 amide bonds. The van der Waals surface area contributed by atoms with Crippen LogP contribution in [0.15, 0.2) is 23.1 Å². The number of rotatable bonds is 3. The molecule has 2 heterocycles. The molecule has 0 aliphatic carbocycles. The zero-order valence-electron chi connectivity index (χ0n) is 9.10. The number of aromatic nitrogens is 1. The molecule has 0 unspecified atom stereocenters. The fourth-order valence-electron chi connectivity index (χ4n) is 2.18. The summed E-state index contributed by atoms with van der Waals surface area (Å²) in [4.78, 5) is 13.8. The predicted octanol–water partition coefficient (Wildman–Crippen LogP) is 0.647. The average molecular weight is 225 g/mol. The SMILES string of the molecule is Nc1cccn([C@H]2CCN(CCF)C2)c1=O. The maximum absolute atomic E-state index is 12.2. The van der Waals surface area contributed by atoms with Gasteiger partial charge in [-0.1, -0.05) is 0 Å². The van der Waals surface area contributed by atoms with Crippen LogP contribution in [0.1, 0.15) is 12.5 Å². The molecular weight excluding hydrogens is 209 g/mol. The van der Waals surface area contributed by atoms with Crippen molar-refractivity contribution in [2.24, 2.45) is 0 Å². The summed E-state index contributed by atoms with van der Waals surface area (Å²) in [6.07, 6.45) is 2.63. The molecule has 1 aliphatic heterocycles. The Bertz CT molecular complexity index is 418. The van der Waals surface area contributed by atoms with E-state index >= 15 is 0 Å². The third-order valence-electron chi connectivity index (χ3n) is 3.05. The highest BCUT2D eigenvalue weighted by atomic mass is 19.1. The van der Waals surface area contributed by atoms with E-state index in [-0.39, 0.29) is 24.0 Å². The second-order valence-corrected chi connectivity index (χ2v) is 4.11. The first-order valence-electron chi connectivity index (χ1n) is 5.47. The molecule has 1 saturated heterocycles. The molecule has 5 heteroatoms. The lowest BCUT2D eigenvalue weighted by Crippen LogP contribution is -2.29. The van der Waals surface area contributed by atoms with Crippen LogP contribution in [0.25, 0.3) is 0 Å². The van der Waals surface area contributed by atoms with Gasteiger partial charge in [-0.05, 0) is 18.6 Å². The fraction of sp³-hybridized carbons (Fsp3) is 0.545. The van der Waals surface area contributed by atoms with E-state index in [2.05, 4.69) is 0 Å². The monoisotopic (exact) mass is 225 g/mol. The highest BCUT2D eigenvalue weighted by Gasteiger charge is 2.24. The van der Waals surface area contributed by atoms with E-state index in [0.717, 1.165) is 19.5 Å². The molecule has 0 spiro atoms. The van der Waals surface area contributed by atoms with Gasteiger partial charge in [-0.2, -0.15) is 0 Å². The summed E-state index contributed by atoms with van der Waals surface area (Å²) in [5, 5.41) is 0. The summed E-state index contributed by atoms with van der Waals surface area (Å²) in [5.74, 6) is 0. The van der Waals surface area contributed by atoms with Crippen LogP contribution in [0.4, 0.5) is 10.1 Å². The van der Waals surface area contributed by atoms with Gasteiger partial charge in [0.2, 0.25) is 0 Å². The molecule has 16 heavy (non-hydrogen) atoms. The summed E-state index contributed by atoms with van der Waals surface area (Å²) < 4.78 is 13.8. The van der Waals surface area contributed by atoms with Gasteiger partial charge in [0.25, 0.3) is 5.56 Å². The summed E-state index contributed by atoms with van der Waals surface area (Å²) in [5.41, 5.74) is 5.70. The van der Waals surface area contributed by atoms with Crippen molar-refractivity contribution < 1.29 is 4.39 Å². The number of likely N-dealkylation sites (tertiary alicyclic amines) is 1. The smallest absolute Gasteiger partial charge is 0.273 e. The molecule has 1 atom stereocenters. The van der Waals surface area contributed by atoms with E-state index in [1.807, 2.05) is 4.90 Å². The Morgan fingerprint density at radius 3 is 3.12 bits per heavy atom. The van der Waals surface area contributed by atoms with Gasteiger partial charge in [0.1, 0.15) is 6.67 Å². The zero-order chi connectivity index (χ0) is 11.5. The van der Waals surface area contributed by atoms with Crippen LogP contribution in [0.3, 0.4) is 0 Å². The lowest BCUT2D eigenvalue weighted by molar-refractivity contribution is 0.287. The summed E-state index contributed by atoms with van der Waals surface area (Å²) in [7, 11) is 0. The highest BCUT2D eigenvalue weighted by Crippen LogP contribution is 2.19. The normalized spacial score (nSPS) is 21.4. The number of nitrogens with two attached hydrogens (primary N) is 1. The highest BCUT2D eigenvalue weighted by molar-refractivity contribution is 5.33. The first-order chi connectivity index (χ1) is 7.72. The maximum Gasteiger partial charge on any atom is 0.273 e. The van der Waals surface area contributed by atoms with Crippen LogP contribution in [-0.4, -0.2) is 35.8 Å². The Morgan fingerprint density at radius 1 is 1.56 bits per heavy atom. The lowest BCUT2D eigenvalue weighted by atomic mass is 10.2. The number of nitrogen functional groups attached to an aromatic ring is 1. The number of pyridine rings is 1. The molecule has 1 aromatic rings. The van der Waals surface area contributed by atoms with Crippen molar-refractivity contribution in [3.63, 3.8) is 0 Å². The fourth-order valence-corrected chi connectivity index (χ4v) is 2.18. The van der Waals surface area contributed by atoms with Crippen molar-refractivity contribution in [1.29, 1.82) is 0 Å². The number of anilines is 1. The molecule has 2 rings (SSSR count). The maximum atomic E-state index is 12.2. The predicted molar refractivity (Wildman–Crippen MR) is 61.2 cm³/mol. The van der Waals surface area contributed by atoms with Gasteiger partial charge in [-0.25, -0.2) is 4.39 Å². The average Bonchev–Trinajstić information content (AvgIpc) is 2.71. The van der Waals surface area contributed by atoms with Gasteiger partial charge in [0.05, 0.1) is 11.7 Å². The molecule has 4 nitrogen and oxygen atoms in total. The molecule has 1 aromatic heterocycles. The van der Waals surface area contributed by atoms with E-state index in [4.69, 9.17) is 5.73 Å². The minimum Gasteiger partial charge on any atom is -0.394 e. The van der Waals surface area contributed by atoms with Crippen LogP contribution in [-0.2, 0) is 0 Å². The number of hydrogen-bond donors (Lipinski definition) is 1. The largest absolute Gasteiger partial charge is 0.394 e. The first kappa shape index (κ1) is 11.1. The van der Waals surface area contributed by atoms with Gasteiger partial charge >= 0.3 is 0 Å². The second kappa shape index (κ2) is 4.65. The molecule has 1 fully saturated rings. The van der Waals surface area contributed by atoms with E-state index in [9.17, 15) is 9.18 Å². The number of alkyl halides is 1. The van der Waals surface area contributed by atoms with Crippen LogP contribution in [0, 0.1) is 0 Å². The molecule has 1 aliphatic rings. The van der Waals surface area contributed by atoms with Crippen LogP contribution in [0.5, 0.6) is 0 Å². The van der Waals surface area contributed by atoms with Gasteiger partial charge in [-0.3, -0.25) is 9.69 Å². The van der Waals surface area contributed by atoms with E-state index in [1.54, 1.807) is 22.9 Å². The quantitative estimate of drug-likeness (QED) is 0.821. The number of hydrogen-bond acceptors (Lipinski definition) is 3. The molecule has 88 valence electrons. The standard InChI is InChI=1S/C11H16FN3O/c12-4-7-14-6-3-9(8-14)15-5-1-2-10(13)11(15)16/h1-2,5,9H,3-4,6-8,13H2/t9-/m0/s1. The van der Waals surface area contributed by atoms with Crippen molar-refractivity contribution in [2.75, 3.05) is 32.0 Å². The Labute approximate surface area is 93.5 Å². The summed E-state index contributed by atoms with van der Waals surface area (Å²) in [6, 6.07) is 3.50. The first-order valence-corrected chi connectivity index (χ1v) is 5.47. The summed E-state index contributed by atoms with van der Waals surface area (Å²) in [6.45, 7) is 1.69. The van der Waals surface area contributed by atoms with Gasteiger partial charge in [-0.15, -0.1) is 0 Å². The van der Waals surface area contributed by atoms with Crippen molar-refractivity contribution in [3.05, 3.63) is 28.7 Å². The lowest BCUT2D eigenvalue weighted by Gasteiger charge is -2.16. The van der Waals surface area contributed by atoms with Crippen LogP contribution >= 0.6 is 0 Å². The summed E-state index contributed by atoms with van der Waals surface area (Å²) >= 11 is 0. The minimum absolute atomic E-state index is 0.127. The van der Waals surface area contributed by atoms with Gasteiger partial charge in [0, 0.05) is 25.8 Å². The van der Waals surface area contributed by atoms with Crippen molar-refractivity contribution in [3.8, 4) is 0 Å². The minimum atomic E-state index is -0.335. The molecular formula is C11H16FN3O. The third kappa shape index (κ3) is 2.09. The Morgan fingerprint density at radius 2 is 2.38 bits per heavy atom. The van der Waals surface area contributed by atoms with Gasteiger partial charge < -0.3 is 10.3 Å². The van der Waals surface area contributed by atoms with Crippen molar-refractivity contribution >= 4 is 5.69 Å². The van der Waals surface area contributed by atoms with E-state index in [0.29, 0.717) is 6.54 Å². The topological polar surface area (TPSA) is 51.3 Å². The molecule has 0 saturated carbocycles. The Kier molecular flexibility index (Phi) is 3.24. The molecule has 0 radical (unpaired) electrons. The van der Waals surface area contributed by atoms with E-state index < -0.39 is 0 Å². The molecule has 0 bridgehead atoms. The number of nitrogens with zero attached hydrogens (tertiary/aromatic N) is 2. The van der Waals surface area contributed by atoms with Crippen molar-refractivity contribution in [1.82, 2.24) is 9.47 Å². The third-order valence-corrected chi connectivity index (χ3v) is 3.05. The zero-order valence-corrected chi connectivity index (χ0v) is 9.10. The van der Waals surface area contributed by atoms with Gasteiger partial charge in [0.15, 0.2) is 0 Å². The Hall–Kier alpha value is -1.36. The molecule has 2 N–H and O–H groups in total.